The highest BCUT2D eigenvalue weighted by Crippen LogP contribution is 2.18. The van der Waals surface area contributed by atoms with Gasteiger partial charge in [0.25, 0.3) is 5.91 Å². The van der Waals surface area contributed by atoms with Gasteiger partial charge in [-0.2, -0.15) is 13.2 Å². The standard InChI is InChI=1S/C8H12BrF3N2O4/c9-5(18-7(16)8(10,11)12)6(15)14-2-4-17-3-1-13/h5H,1-4,13H2,(H,14,15). The van der Waals surface area contributed by atoms with Crippen LogP contribution in [0.2, 0.25) is 0 Å². The number of nitrogens with one attached hydrogen (secondary N) is 1. The summed E-state index contributed by atoms with van der Waals surface area (Å²) in [5.74, 6) is -3.36. The van der Waals surface area contributed by atoms with Gasteiger partial charge in [-0.15, -0.1) is 0 Å². The van der Waals surface area contributed by atoms with Crippen LogP contribution in [0.4, 0.5) is 13.2 Å². The average Bonchev–Trinajstić information content (AvgIpc) is 2.27. The molecule has 0 fully saturated rings. The smallest absolute Gasteiger partial charge is 0.434 e. The lowest BCUT2D eigenvalue weighted by molar-refractivity contribution is -0.201. The van der Waals surface area contributed by atoms with Crippen molar-refractivity contribution in [3.8, 4) is 0 Å². The van der Waals surface area contributed by atoms with E-state index in [1.807, 2.05) is 0 Å². The van der Waals surface area contributed by atoms with Gasteiger partial charge >= 0.3 is 12.1 Å². The monoisotopic (exact) mass is 336 g/mol. The van der Waals surface area contributed by atoms with Crippen molar-refractivity contribution >= 4 is 27.8 Å². The predicted molar refractivity (Wildman–Crippen MR) is 57.7 cm³/mol. The van der Waals surface area contributed by atoms with Crippen LogP contribution >= 0.6 is 15.9 Å². The second-order valence-electron chi connectivity index (χ2n) is 2.91. The molecule has 6 nitrogen and oxygen atoms in total. The fourth-order valence-electron chi connectivity index (χ4n) is 0.726. The van der Waals surface area contributed by atoms with Crippen LogP contribution in [0.1, 0.15) is 0 Å². The fourth-order valence-corrected chi connectivity index (χ4v) is 1.06. The van der Waals surface area contributed by atoms with Gasteiger partial charge in [-0.05, 0) is 15.9 Å². The number of carbonyl (C=O) groups excluding carboxylic acids is 2. The Labute approximate surface area is 109 Å². The third-order valence-electron chi connectivity index (χ3n) is 1.46. The zero-order valence-corrected chi connectivity index (χ0v) is 10.7. The van der Waals surface area contributed by atoms with Crippen molar-refractivity contribution in [2.75, 3.05) is 26.3 Å². The zero-order chi connectivity index (χ0) is 14.2. The van der Waals surface area contributed by atoms with Crippen molar-refractivity contribution < 1.29 is 32.2 Å². The van der Waals surface area contributed by atoms with E-state index in [4.69, 9.17) is 10.5 Å². The van der Waals surface area contributed by atoms with Crippen LogP contribution < -0.4 is 11.1 Å². The maximum Gasteiger partial charge on any atom is 0.490 e. The highest BCUT2D eigenvalue weighted by Gasteiger charge is 2.42. The van der Waals surface area contributed by atoms with Crippen molar-refractivity contribution in [3.05, 3.63) is 0 Å². The molecule has 3 N–H and O–H groups in total. The third-order valence-corrected chi connectivity index (χ3v) is 2.06. The first-order valence-corrected chi connectivity index (χ1v) is 5.68. The lowest BCUT2D eigenvalue weighted by Crippen LogP contribution is -2.38. The summed E-state index contributed by atoms with van der Waals surface area (Å²) in [4.78, 5) is 21.6. The lowest BCUT2D eigenvalue weighted by Gasteiger charge is -2.13. The Hall–Kier alpha value is -0.870. The number of hydrogen-bond donors (Lipinski definition) is 2. The zero-order valence-electron chi connectivity index (χ0n) is 9.13. The summed E-state index contributed by atoms with van der Waals surface area (Å²) >= 11 is 2.50. The SMILES string of the molecule is NCCOCCNC(=O)C(Br)OC(=O)C(F)(F)F. The largest absolute Gasteiger partial charge is 0.490 e. The second-order valence-corrected chi connectivity index (χ2v) is 3.74. The van der Waals surface area contributed by atoms with Gasteiger partial charge in [0, 0.05) is 13.1 Å². The van der Waals surface area contributed by atoms with Gasteiger partial charge in [-0.1, -0.05) is 0 Å². The molecule has 0 saturated heterocycles. The number of carbonyl (C=O) groups is 2. The molecule has 0 heterocycles. The Morgan fingerprint density at radius 3 is 2.44 bits per heavy atom. The van der Waals surface area contributed by atoms with E-state index in [9.17, 15) is 22.8 Å². The highest BCUT2D eigenvalue weighted by atomic mass is 79.9. The van der Waals surface area contributed by atoms with Crippen molar-refractivity contribution in [3.63, 3.8) is 0 Å². The van der Waals surface area contributed by atoms with Gasteiger partial charge in [0.2, 0.25) is 5.01 Å². The number of amides is 1. The van der Waals surface area contributed by atoms with Crippen LogP contribution in [0.5, 0.6) is 0 Å². The Kier molecular flexibility index (Phi) is 7.87. The minimum Gasteiger partial charge on any atom is -0.434 e. The van der Waals surface area contributed by atoms with Crippen molar-refractivity contribution in [1.29, 1.82) is 0 Å². The molecule has 0 aliphatic rings. The Bertz CT molecular complexity index is 288. The van der Waals surface area contributed by atoms with Crippen LogP contribution in [0.3, 0.4) is 0 Å². The number of esters is 1. The highest BCUT2D eigenvalue weighted by molar-refractivity contribution is 9.09. The molecule has 0 bridgehead atoms. The molecular formula is C8H12BrF3N2O4. The minimum absolute atomic E-state index is 0.0600. The number of ether oxygens (including phenoxy) is 2. The Balaban J connectivity index is 3.87. The summed E-state index contributed by atoms with van der Waals surface area (Å²) in [6.45, 7) is 0.829. The molecule has 1 unspecified atom stereocenters. The molecule has 0 aromatic heterocycles. The number of nitrogens with two attached hydrogens (primary N) is 1. The van der Waals surface area contributed by atoms with Crippen LogP contribution in [0, 0.1) is 0 Å². The first kappa shape index (κ1) is 17.1. The second kappa shape index (κ2) is 8.27. The molecule has 0 aromatic rings. The maximum atomic E-state index is 11.8. The molecule has 10 heteroatoms. The van der Waals surface area contributed by atoms with E-state index >= 15 is 0 Å². The topological polar surface area (TPSA) is 90.7 Å². The lowest BCUT2D eigenvalue weighted by atomic mass is 10.5. The number of rotatable bonds is 7. The Morgan fingerprint density at radius 2 is 1.94 bits per heavy atom. The van der Waals surface area contributed by atoms with Crippen molar-refractivity contribution in [2.45, 2.75) is 11.2 Å². The van der Waals surface area contributed by atoms with Gasteiger partial charge in [0.05, 0.1) is 13.2 Å². The van der Waals surface area contributed by atoms with E-state index in [0.717, 1.165) is 0 Å². The molecule has 0 rings (SSSR count). The summed E-state index contributed by atoms with van der Waals surface area (Å²) in [7, 11) is 0. The number of alkyl halides is 4. The summed E-state index contributed by atoms with van der Waals surface area (Å²) < 4.78 is 44.2. The molecule has 0 saturated carbocycles. The van der Waals surface area contributed by atoms with E-state index in [1.165, 1.54) is 0 Å². The van der Waals surface area contributed by atoms with E-state index in [0.29, 0.717) is 13.2 Å². The van der Waals surface area contributed by atoms with E-state index < -0.39 is 23.1 Å². The average molecular weight is 337 g/mol. The Morgan fingerprint density at radius 1 is 1.33 bits per heavy atom. The molecule has 0 aliphatic heterocycles. The van der Waals surface area contributed by atoms with Crippen LogP contribution in [0.15, 0.2) is 0 Å². The maximum absolute atomic E-state index is 11.8. The van der Waals surface area contributed by atoms with Crippen LogP contribution in [-0.2, 0) is 19.1 Å². The van der Waals surface area contributed by atoms with E-state index in [1.54, 1.807) is 0 Å². The summed E-state index contributed by atoms with van der Waals surface area (Å²) in [5, 5.41) is 0.495. The molecule has 0 spiro atoms. The summed E-state index contributed by atoms with van der Waals surface area (Å²) in [5.41, 5.74) is 5.13. The van der Waals surface area contributed by atoms with Crippen molar-refractivity contribution in [1.82, 2.24) is 5.32 Å². The first-order chi connectivity index (χ1) is 8.29. The summed E-state index contributed by atoms with van der Waals surface area (Å²) in [6, 6.07) is 0. The van der Waals surface area contributed by atoms with Gasteiger partial charge < -0.3 is 20.5 Å². The number of halogens is 4. The normalized spacial score (nSPS) is 12.9. The fraction of sp³-hybridized carbons (Fsp3) is 0.750. The first-order valence-electron chi connectivity index (χ1n) is 4.76. The van der Waals surface area contributed by atoms with E-state index in [-0.39, 0.29) is 13.2 Å². The molecule has 1 amide bonds. The van der Waals surface area contributed by atoms with Gasteiger partial charge in [-0.3, -0.25) is 4.79 Å². The van der Waals surface area contributed by atoms with Crippen LogP contribution in [0.25, 0.3) is 0 Å². The molecule has 18 heavy (non-hydrogen) atoms. The van der Waals surface area contributed by atoms with Crippen LogP contribution in [-0.4, -0.2) is 49.4 Å². The molecule has 0 aliphatic carbocycles. The molecule has 1 atom stereocenters. The predicted octanol–water partition coefficient (Wildman–Crippen LogP) is -0.0956. The minimum atomic E-state index is -5.14. The van der Waals surface area contributed by atoms with Gasteiger partial charge in [0.15, 0.2) is 0 Å². The molecule has 0 aromatic carbocycles. The third kappa shape index (κ3) is 7.45. The van der Waals surface area contributed by atoms with Gasteiger partial charge in [0.1, 0.15) is 0 Å². The van der Waals surface area contributed by atoms with E-state index in [2.05, 4.69) is 26.0 Å². The summed E-state index contributed by atoms with van der Waals surface area (Å²) in [6.07, 6.45) is -5.14. The quantitative estimate of drug-likeness (QED) is 0.385. The number of hydrogen-bond acceptors (Lipinski definition) is 5. The van der Waals surface area contributed by atoms with Crippen molar-refractivity contribution in [2.24, 2.45) is 5.73 Å². The molecule has 106 valence electrons. The molecular weight excluding hydrogens is 325 g/mol. The molecule has 0 radical (unpaired) electrons. The van der Waals surface area contributed by atoms with Gasteiger partial charge in [-0.25, -0.2) is 4.79 Å².